The minimum absolute atomic E-state index is 0.0578. The van der Waals surface area contributed by atoms with Crippen LogP contribution in [-0.4, -0.2) is 51.2 Å². The van der Waals surface area contributed by atoms with Gasteiger partial charge in [-0.15, -0.1) is 0 Å². The van der Waals surface area contributed by atoms with E-state index in [0.29, 0.717) is 30.7 Å². The second-order valence-corrected chi connectivity index (χ2v) is 7.78. The highest BCUT2D eigenvalue weighted by Gasteiger charge is 2.37. The number of amides is 2. The lowest BCUT2D eigenvalue weighted by molar-refractivity contribution is -0.144. The van der Waals surface area contributed by atoms with E-state index >= 15 is 0 Å². The first kappa shape index (κ1) is 21.0. The predicted octanol–water partition coefficient (Wildman–Crippen LogP) is 1.84. The molecule has 0 saturated carbocycles. The van der Waals surface area contributed by atoms with Crippen LogP contribution in [0.1, 0.15) is 38.3 Å². The topological polar surface area (TPSA) is 104 Å². The van der Waals surface area contributed by atoms with Crippen LogP contribution in [0.25, 0.3) is 0 Å². The molecule has 8 heteroatoms. The molecule has 1 unspecified atom stereocenters. The van der Waals surface area contributed by atoms with Gasteiger partial charge in [-0.3, -0.25) is 14.4 Å². The van der Waals surface area contributed by atoms with E-state index in [0.717, 1.165) is 11.8 Å². The third kappa shape index (κ3) is 5.56. The maximum Gasteiger partial charge on any atom is 0.330 e. The number of carbonyl (C=O) groups excluding carboxylic acids is 3. The van der Waals surface area contributed by atoms with Gasteiger partial charge in [-0.25, -0.2) is 4.79 Å². The first-order valence-corrected chi connectivity index (χ1v) is 9.81. The Bertz CT molecular complexity index is 709. The molecule has 2 N–H and O–H groups in total. The summed E-state index contributed by atoms with van der Waals surface area (Å²) in [5.74, 6) is -1.84. The van der Waals surface area contributed by atoms with Crippen LogP contribution in [0.15, 0.2) is 30.3 Å². The van der Waals surface area contributed by atoms with Crippen molar-refractivity contribution in [1.29, 1.82) is 0 Å². The van der Waals surface area contributed by atoms with Crippen LogP contribution in [0.5, 0.6) is 0 Å². The predicted molar refractivity (Wildman–Crippen MR) is 102 cm³/mol. The van der Waals surface area contributed by atoms with Gasteiger partial charge in [0, 0.05) is 25.1 Å². The zero-order valence-electron chi connectivity index (χ0n) is 15.4. The minimum Gasteiger partial charge on any atom is -0.479 e. The number of nitrogens with one attached hydrogen (secondary N) is 1. The number of benzene rings is 1. The van der Waals surface area contributed by atoms with Crippen molar-refractivity contribution in [2.45, 2.75) is 38.8 Å². The van der Waals surface area contributed by atoms with Gasteiger partial charge in [0.25, 0.3) is 0 Å². The van der Waals surface area contributed by atoms with Gasteiger partial charge in [0.05, 0.1) is 0 Å². The maximum absolute atomic E-state index is 12.7. The Labute approximate surface area is 162 Å². The van der Waals surface area contributed by atoms with Crippen molar-refractivity contribution in [2.75, 3.05) is 12.3 Å². The molecule has 1 saturated heterocycles. The molecule has 1 heterocycles. The van der Waals surface area contributed by atoms with Crippen molar-refractivity contribution in [3.63, 3.8) is 0 Å². The third-order valence-corrected chi connectivity index (χ3v) is 5.54. The van der Waals surface area contributed by atoms with E-state index in [9.17, 15) is 24.3 Å². The molecular formula is C19H24N2O5S. The SMILES string of the molecule is CC(=O)SCC(C)C(=O)N1CCC[C@H]1C(=O)N[C@H](C(=O)O)c1ccccc1. The Morgan fingerprint density at radius 1 is 1.26 bits per heavy atom. The summed E-state index contributed by atoms with van der Waals surface area (Å²) in [6, 6.07) is 6.60. The second kappa shape index (κ2) is 9.55. The smallest absolute Gasteiger partial charge is 0.330 e. The number of carboxylic acids is 1. The molecule has 27 heavy (non-hydrogen) atoms. The Morgan fingerprint density at radius 3 is 2.52 bits per heavy atom. The quantitative estimate of drug-likeness (QED) is 0.734. The molecule has 0 bridgehead atoms. The summed E-state index contributed by atoms with van der Waals surface area (Å²) < 4.78 is 0. The molecule has 1 aliphatic rings. The zero-order chi connectivity index (χ0) is 20.0. The van der Waals surface area contributed by atoms with Gasteiger partial charge in [-0.05, 0) is 18.4 Å². The van der Waals surface area contributed by atoms with E-state index in [4.69, 9.17) is 0 Å². The highest BCUT2D eigenvalue weighted by molar-refractivity contribution is 8.13. The van der Waals surface area contributed by atoms with Crippen LogP contribution < -0.4 is 5.32 Å². The lowest BCUT2D eigenvalue weighted by Gasteiger charge is -2.27. The lowest BCUT2D eigenvalue weighted by Crippen LogP contribution is -2.49. The molecule has 0 spiro atoms. The summed E-state index contributed by atoms with van der Waals surface area (Å²) in [5, 5.41) is 12.0. The largest absolute Gasteiger partial charge is 0.479 e. The van der Waals surface area contributed by atoms with E-state index < -0.39 is 29.9 Å². The lowest BCUT2D eigenvalue weighted by atomic mass is 10.1. The zero-order valence-corrected chi connectivity index (χ0v) is 16.2. The number of likely N-dealkylation sites (tertiary alicyclic amines) is 1. The molecule has 1 fully saturated rings. The molecule has 0 aromatic heterocycles. The normalized spacial score (nSPS) is 18.6. The number of hydrogen-bond acceptors (Lipinski definition) is 5. The maximum atomic E-state index is 12.7. The van der Waals surface area contributed by atoms with Gasteiger partial charge in [-0.2, -0.15) is 0 Å². The summed E-state index contributed by atoms with van der Waals surface area (Å²) in [6.07, 6.45) is 1.17. The van der Waals surface area contributed by atoms with E-state index in [1.165, 1.54) is 11.8 Å². The van der Waals surface area contributed by atoms with Gasteiger partial charge in [0.15, 0.2) is 11.2 Å². The summed E-state index contributed by atoms with van der Waals surface area (Å²) in [5.41, 5.74) is 0.473. The molecule has 146 valence electrons. The fourth-order valence-electron chi connectivity index (χ4n) is 3.07. The summed E-state index contributed by atoms with van der Waals surface area (Å²) in [7, 11) is 0. The van der Waals surface area contributed by atoms with Crippen LogP contribution in [0.4, 0.5) is 0 Å². The molecule has 2 rings (SSSR count). The fourth-order valence-corrected chi connectivity index (χ4v) is 3.70. The van der Waals surface area contributed by atoms with Crippen LogP contribution >= 0.6 is 11.8 Å². The van der Waals surface area contributed by atoms with Crippen molar-refractivity contribution in [2.24, 2.45) is 5.92 Å². The molecule has 1 aliphatic heterocycles. The molecule has 7 nitrogen and oxygen atoms in total. The van der Waals surface area contributed by atoms with E-state index in [-0.39, 0.29) is 11.0 Å². The number of carbonyl (C=O) groups is 4. The second-order valence-electron chi connectivity index (χ2n) is 6.58. The van der Waals surface area contributed by atoms with E-state index in [2.05, 4.69) is 5.32 Å². The number of carboxylic acid groups (broad SMARTS) is 1. The Balaban J connectivity index is 2.06. The molecule has 2 amide bonds. The molecule has 3 atom stereocenters. The molecule has 0 radical (unpaired) electrons. The van der Waals surface area contributed by atoms with Gasteiger partial charge < -0.3 is 15.3 Å². The van der Waals surface area contributed by atoms with Crippen molar-refractivity contribution < 1.29 is 24.3 Å². The van der Waals surface area contributed by atoms with Gasteiger partial charge in [-0.1, -0.05) is 49.0 Å². The number of rotatable bonds is 7. The molecule has 1 aromatic rings. The van der Waals surface area contributed by atoms with Crippen molar-refractivity contribution in [1.82, 2.24) is 10.2 Å². The molecule has 1 aromatic carbocycles. The van der Waals surface area contributed by atoms with Crippen molar-refractivity contribution >= 4 is 34.7 Å². The number of thioether (sulfide) groups is 1. The number of aliphatic carboxylic acids is 1. The average molecular weight is 392 g/mol. The summed E-state index contributed by atoms with van der Waals surface area (Å²) >= 11 is 1.08. The molecular weight excluding hydrogens is 368 g/mol. The summed E-state index contributed by atoms with van der Waals surface area (Å²) in [6.45, 7) is 3.63. The highest BCUT2D eigenvalue weighted by atomic mass is 32.2. The monoisotopic (exact) mass is 392 g/mol. The van der Waals surface area contributed by atoms with Crippen molar-refractivity contribution in [3.8, 4) is 0 Å². The first-order valence-electron chi connectivity index (χ1n) is 8.83. The Kier molecular flexibility index (Phi) is 7.41. The number of nitrogens with zero attached hydrogens (tertiary/aromatic N) is 1. The third-order valence-electron chi connectivity index (χ3n) is 4.46. The van der Waals surface area contributed by atoms with Gasteiger partial charge in [0.2, 0.25) is 11.8 Å². The van der Waals surface area contributed by atoms with E-state index in [1.807, 2.05) is 0 Å². The fraction of sp³-hybridized carbons (Fsp3) is 0.474. The summed E-state index contributed by atoms with van der Waals surface area (Å²) in [4.78, 5) is 49.6. The van der Waals surface area contributed by atoms with Gasteiger partial charge in [0.1, 0.15) is 6.04 Å². The minimum atomic E-state index is -1.16. The Hall–Kier alpha value is -2.35. The number of hydrogen-bond donors (Lipinski definition) is 2. The first-order chi connectivity index (χ1) is 12.8. The molecule has 0 aliphatic carbocycles. The Morgan fingerprint density at radius 2 is 1.93 bits per heavy atom. The average Bonchev–Trinajstić information content (AvgIpc) is 3.13. The highest BCUT2D eigenvalue weighted by Crippen LogP contribution is 2.23. The van der Waals surface area contributed by atoms with Crippen LogP contribution in [0.2, 0.25) is 0 Å². The van der Waals surface area contributed by atoms with Crippen molar-refractivity contribution in [3.05, 3.63) is 35.9 Å². The van der Waals surface area contributed by atoms with E-state index in [1.54, 1.807) is 37.3 Å². The van der Waals surface area contributed by atoms with Gasteiger partial charge >= 0.3 is 5.97 Å². The standard InChI is InChI=1S/C19H24N2O5S/c1-12(11-27-13(2)22)18(24)21-10-6-9-15(21)17(23)20-16(19(25)26)14-7-4-3-5-8-14/h3-5,7-8,12,15-16H,6,9-11H2,1-2H3,(H,20,23)(H,25,26)/t12?,15-,16-/m0/s1. The van der Waals surface area contributed by atoms with Crippen LogP contribution in [0, 0.1) is 5.92 Å². The van der Waals surface area contributed by atoms with Crippen LogP contribution in [-0.2, 0) is 19.2 Å². The van der Waals surface area contributed by atoms with Crippen LogP contribution in [0.3, 0.4) is 0 Å².